The van der Waals surface area contributed by atoms with E-state index in [2.05, 4.69) is 72.3 Å². The second-order valence-electron chi connectivity index (χ2n) is 10.1. The second-order valence-corrected chi connectivity index (χ2v) is 10.1. The molecule has 0 bridgehead atoms. The van der Waals surface area contributed by atoms with Crippen molar-refractivity contribution in [3.8, 4) is 11.4 Å². The van der Waals surface area contributed by atoms with E-state index in [0.717, 1.165) is 30.5 Å². The van der Waals surface area contributed by atoms with Crippen LogP contribution >= 0.6 is 0 Å². The zero-order valence-electron chi connectivity index (χ0n) is 20.1. The van der Waals surface area contributed by atoms with Gasteiger partial charge >= 0.3 is 0 Å². The summed E-state index contributed by atoms with van der Waals surface area (Å²) < 4.78 is 5.53. The molecule has 1 N–H and O–H groups in total. The Balaban J connectivity index is 1.33. The minimum Gasteiger partial charge on any atom is -0.352 e. The maximum atomic E-state index is 12.8. The number of aromatic nitrogens is 2. The highest BCUT2D eigenvalue weighted by molar-refractivity contribution is 5.79. The van der Waals surface area contributed by atoms with E-state index in [9.17, 15) is 4.79 Å². The molecular weight excluding hydrogens is 412 g/mol. The Morgan fingerprint density at radius 1 is 1.15 bits per heavy atom. The van der Waals surface area contributed by atoms with Gasteiger partial charge in [-0.1, -0.05) is 74.5 Å². The number of nitrogens with one attached hydrogen (secondary N) is 1. The molecule has 0 radical (unpaired) electrons. The topological polar surface area (TPSA) is 71.3 Å². The van der Waals surface area contributed by atoms with Crippen molar-refractivity contribution in [3.05, 3.63) is 71.1 Å². The fourth-order valence-electron chi connectivity index (χ4n) is 4.30. The van der Waals surface area contributed by atoms with Crippen LogP contribution in [0.1, 0.15) is 56.2 Å². The molecule has 1 aromatic heterocycles. The van der Waals surface area contributed by atoms with Crippen LogP contribution in [0.2, 0.25) is 0 Å². The molecule has 2 heterocycles. The van der Waals surface area contributed by atoms with Crippen LogP contribution in [-0.2, 0) is 23.3 Å². The smallest absolute Gasteiger partial charge is 0.241 e. The highest BCUT2D eigenvalue weighted by Crippen LogP contribution is 2.25. The summed E-state index contributed by atoms with van der Waals surface area (Å²) in [6, 6.07) is 16.5. The molecular formula is C27H34N4O2. The standard InChI is InChI=1S/C27H34N4O2/c1-19-8-5-6-9-21(19)16-28-26(32)22-10-7-15-31(17-22)18-24-29-25(30-33-24)20-11-13-23(14-12-20)27(2,3)4/h5-6,8-9,11-14,22H,7,10,15-18H2,1-4H3,(H,28,32). The largest absolute Gasteiger partial charge is 0.352 e. The normalized spacial score (nSPS) is 17.2. The van der Waals surface area contributed by atoms with E-state index in [1.165, 1.54) is 11.1 Å². The van der Waals surface area contributed by atoms with E-state index in [1.54, 1.807) is 0 Å². The first-order chi connectivity index (χ1) is 15.8. The second kappa shape index (κ2) is 9.87. The molecule has 6 heteroatoms. The van der Waals surface area contributed by atoms with E-state index in [0.29, 0.717) is 31.3 Å². The summed E-state index contributed by atoms with van der Waals surface area (Å²) in [7, 11) is 0. The maximum Gasteiger partial charge on any atom is 0.241 e. The number of likely N-dealkylation sites (tertiary alicyclic amines) is 1. The highest BCUT2D eigenvalue weighted by Gasteiger charge is 2.27. The molecule has 1 unspecified atom stereocenters. The third kappa shape index (κ3) is 5.88. The average Bonchev–Trinajstić information content (AvgIpc) is 3.26. The summed E-state index contributed by atoms with van der Waals surface area (Å²) in [4.78, 5) is 19.6. The number of carbonyl (C=O) groups is 1. The Morgan fingerprint density at radius 3 is 2.64 bits per heavy atom. The molecule has 174 valence electrons. The fourth-order valence-corrected chi connectivity index (χ4v) is 4.30. The van der Waals surface area contributed by atoms with E-state index in [4.69, 9.17) is 4.52 Å². The summed E-state index contributed by atoms with van der Waals surface area (Å²) in [6.45, 7) is 11.4. The zero-order valence-corrected chi connectivity index (χ0v) is 20.1. The first-order valence-electron chi connectivity index (χ1n) is 11.8. The molecule has 0 spiro atoms. The molecule has 1 aliphatic heterocycles. The molecule has 2 aromatic carbocycles. The summed E-state index contributed by atoms with van der Waals surface area (Å²) in [5.41, 5.74) is 4.69. The number of nitrogens with zero attached hydrogens (tertiary/aromatic N) is 3. The molecule has 1 fully saturated rings. The Hall–Kier alpha value is -2.99. The summed E-state index contributed by atoms with van der Waals surface area (Å²) in [6.07, 6.45) is 1.89. The van der Waals surface area contributed by atoms with Crippen LogP contribution < -0.4 is 5.32 Å². The van der Waals surface area contributed by atoms with Gasteiger partial charge in [0.05, 0.1) is 12.5 Å². The van der Waals surface area contributed by atoms with Crippen molar-refractivity contribution in [3.63, 3.8) is 0 Å². The fraction of sp³-hybridized carbons (Fsp3) is 0.444. The van der Waals surface area contributed by atoms with E-state index in [-0.39, 0.29) is 17.2 Å². The van der Waals surface area contributed by atoms with Crippen molar-refractivity contribution in [2.45, 2.75) is 59.0 Å². The highest BCUT2D eigenvalue weighted by atomic mass is 16.5. The van der Waals surface area contributed by atoms with Crippen LogP contribution in [-0.4, -0.2) is 34.0 Å². The van der Waals surface area contributed by atoms with Crippen LogP contribution in [0.5, 0.6) is 0 Å². The van der Waals surface area contributed by atoms with Crippen molar-refractivity contribution in [2.24, 2.45) is 5.92 Å². The number of carbonyl (C=O) groups excluding carboxylic acids is 1. The maximum absolute atomic E-state index is 12.8. The predicted molar refractivity (Wildman–Crippen MR) is 129 cm³/mol. The van der Waals surface area contributed by atoms with Gasteiger partial charge in [-0.2, -0.15) is 4.98 Å². The number of hydrogen-bond donors (Lipinski definition) is 1. The van der Waals surface area contributed by atoms with Gasteiger partial charge in [-0.15, -0.1) is 0 Å². The predicted octanol–water partition coefficient (Wildman–Crippen LogP) is 4.87. The number of aryl methyl sites for hydroxylation is 1. The first kappa shape index (κ1) is 23.2. The Labute approximate surface area is 196 Å². The molecule has 4 rings (SSSR count). The van der Waals surface area contributed by atoms with Crippen molar-refractivity contribution in [2.75, 3.05) is 13.1 Å². The molecule has 3 aromatic rings. The van der Waals surface area contributed by atoms with Gasteiger partial charge in [-0.25, -0.2) is 0 Å². The lowest BCUT2D eigenvalue weighted by Crippen LogP contribution is -2.42. The SMILES string of the molecule is Cc1ccccc1CNC(=O)C1CCCN(Cc2nc(-c3ccc(C(C)(C)C)cc3)no2)C1. The van der Waals surface area contributed by atoms with E-state index >= 15 is 0 Å². The van der Waals surface area contributed by atoms with Gasteiger partial charge in [0.25, 0.3) is 0 Å². The number of amides is 1. The summed E-state index contributed by atoms with van der Waals surface area (Å²) in [5, 5.41) is 7.29. The van der Waals surface area contributed by atoms with Crippen LogP contribution in [0, 0.1) is 12.8 Å². The third-order valence-electron chi connectivity index (χ3n) is 6.43. The Kier molecular flexibility index (Phi) is 6.94. The van der Waals surface area contributed by atoms with Gasteiger partial charge in [0.1, 0.15) is 0 Å². The van der Waals surface area contributed by atoms with Gasteiger partial charge in [0, 0.05) is 18.7 Å². The molecule has 0 aliphatic carbocycles. The quantitative estimate of drug-likeness (QED) is 0.585. The molecule has 33 heavy (non-hydrogen) atoms. The van der Waals surface area contributed by atoms with E-state index < -0.39 is 0 Å². The van der Waals surface area contributed by atoms with Gasteiger partial charge in [-0.3, -0.25) is 9.69 Å². The van der Waals surface area contributed by atoms with Crippen molar-refractivity contribution >= 4 is 5.91 Å². The molecule has 6 nitrogen and oxygen atoms in total. The monoisotopic (exact) mass is 446 g/mol. The Morgan fingerprint density at radius 2 is 1.91 bits per heavy atom. The molecule has 1 saturated heterocycles. The summed E-state index contributed by atoms with van der Waals surface area (Å²) in [5.74, 6) is 1.30. The third-order valence-corrected chi connectivity index (χ3v) is 6.43. The first-order valence-corrected chi connectivity index (χ1v) is 11.8. The minimum absolute atomic E-state index is 0.0184. The number of piperidine rings is 1. The average molecular weight is 447 g/mol. The minimum atomic E-state index is -0.0184. The lowest BCUT2D eigenvalue weighted by atomic mass is 9.87. The van der Waals surface area contributed by atoms with Crippen molar-refractivity contribution in [1.29, 1.82) is 0 Å². The lowest BCUT2D eigenvalue weighted by molar-refractivity contribution is -0.127. The molecule has 0 saturated carbocycles. The molecule has 1 amide bonds. The number of benzene rings is 2. The van der Waals surface area contributed by atoms with E-state index in [1.807, 2.05) is 24.3 Å². The Bertz CT molecular complexity index is 1080. The van der Waals surface area contributed by atoms with Crippen molar-refractivity contribution in [1.82, 2.24) is 20.4 Å². The van der Waals surface area contributed by atoms with Gasteiger partial charge < -0.3 is 9.84 Å². The van der Waals surface area contributed by atoms with Gasteiger partial charge in [0.2, 0.25) is 17.6 Å². The van der Waals surface area contributed by atoms with Crippen LogP contribution in [0.3, 0.4) is 0 Å². The van der Waals surface area contributed by atoms with Crippen LogP contribution in [0.15, 0.2) is 53.1 Å². The van der Waals surface area contributed by atoms with Crippen molar-refractivity contribution < 1.29 is 9.32 Å². The van der Waals surface area contributed by atoms with Gasteiger partial charge in [0.15, 0.2) is 0 Å². The van der Waals surface area contributed by atoms with Gasteiger partial charge in [-0.05, 0) is 48.4 Å². The molecule has 1 aliphatic rings. The summed E-state index contributed by atoms with van der Waals surface area (Å²) >= 11 is 0. The zero-order chi connectivity index (χ0) is 23.4. The number of rotatable bonds is 6. The van der Waals surface area contributed by atoms with Crippen LogP contribution in [0.25, 0.3) is 11.4 Å². The van der Waals surface area contributed by atoms with Crippen LogP contribution in [0.4, 0.5) is 0 Å². The molecule has 1 atom stereocenters. The lowest BCUT2D eigenvalue weighted by Gasteiger charge is -2.30. The number of hydrogen-bond acceptors (Lipinski definition) is 5.